The van der Waals surface area contributed by atoms with Crippen molar-refractivity contribution in [3.05, 3.63) is 239 Å². The highest BCUT2D eigenvalue weighted by Crippen LogP contribution is 2.47. The Labute approximate surface area is 720 Å². The predicted molar refractivity (Wildman–Crippen MR) is 474 cm³/mol. The molecule has 0 unspecified atom stereocenters. The molecule has 1 fully saturated rings. The van der Waals surface area contributed by atoms with E-state index in [2.05, 4.69) is 20.8 Å². The number of ether oxygens (including phenoxy) is 7. The second kappa shape index (κ2) is 37.6. The van der Waals surface area contributed by atoms with Crippen molar-refractivity contribution in [2.75, 3.05) is 0 Å². The average Bonchev–Trinajstić information content (AvgIpc) is 1.67. The van der Waals surface area contributed by atoms with Crippen LogP contribution in [0.4, 0.5) is 52.7 Å². The van der Waals surface area contributed by atoms with Gasteiger partial charge in [-0.2, -0.15) is 13.2 Å². The number of hydrogen-bond acceptors (Lipinski definition) is 7. The summed E-state index contributed by atoms with van der Waals surface area (Å²) in [5.41, 5.74) is 10.2. The van der Waals surface area contributed by atoms with E-state index in [4.69, 9.17) is 33.2 Å². The summed E-state index contributed by atoms with van der Waals surface area (Å²) >= 11 is 0. The zero-order valence-corrected chi connectivity index (χ0v) is 76.6. The topological polar surface area (TPSA) is 69.5 Å². The summed E-state index contributed by atoms with van der Waals surface area (Å²) in [5, 5.41) is 0.989. The number of aromatic nitrogens is 1. The van der Waals surface area contributed by atoms with E-state index in [1.807, 2.05) is 162 Å². The van der Waals surface area contributed by atoms with Crippen molar-refractivity contribution in [3.63, 3.8) is 0 Å². The zero-order chi connectivity index (χ0) is 91.7. The van der Waals surface area contributed by atoms with Gasteiger partial charge >= 0.3 is 6.18 Å². The van der Waals surface area contributed by atoms with Crippen LogP contribution in [-0.4, -0.2) is 50.0 Å². The Kier molecular flexibility index (Phi) is 29.7. The van der Waals surface area contributed by atoms with Crippen LogP contribution in [0.2, 0.25) is 0 Å². The lowest BCUT2D eigenvalue weighted by Crippen LogP contribution is -2.24. The predicted octanol–water partition coefficient (Wildman–Crippen LogP) is 29.9. The molecule has 0 bridgehead atoms. The summed E-state index contributed by atoms with van der Waals surface area (Å²) in [7, 11) is 1.89. The first-order valence-electron chi connectivity index (χ1n) is 42.2. The van der Waals surface area contributed by atoms with Gasteiger partial charge in [-0.1, -0.05) is 98.6 Å². The molecular weight excluding hydrogens is 1590 g/mol. The third-order valence-corrected chi connectivity index (χ3v) is 20.0. The van der Waals surface area contributed by atoms with Crippen LogP contribution < -0.4 is 33.2 Å². The Morgan fingerprint density at radius 3 is 1.28 bits per heavy atom. The molecule has 0 spiro atoms. The minimum absolute atomic E-state index is 0.0107. The molecule has 1 aromatic heterocycles. The molecule has 1 saturated carbocycles. The van der Waals surface area contributed by atoms with E-state index < -0.39 is 57.6 Å². The van der Waals surface area contributed by atoms with Crippen molar-refractivity contribution >= 4 is 46.4 Å². The van der Waals surface area contributed by atoms with Crippen molar-refractivity contribution in [2.24, 2.45) is 18.9 Å². The molecule has 0 saturated heterocycles. The van der Waals surface area contributed by atoms with Gasteiger partial charge in [0.05, 0.1) is 5.52 Å². The van der Waals surface area contributed by atoms with Crippen molar-refractivity contribution < 1.29 is 85.8 Å². The summed E-state index contributed by atoms with van der Waals surface area (Å²) in [5.74, 6) is -1.48. The van der Waals surface area contributed by atoms with Crippen LogP contribution in [0.1, 0.15) is 272 Å². The fourth-order valence-corrected chi connectivity index (χ4v) is 14.6. The molecule has 20 heteroatoms. The summed E-state index contributed by atoms with van der Waals surface area (Å²) in [6.07, 6.45) is 16.2. The number of fused-ring (bicyclic) bond motifs is 7. The summed E-state index contributed by atoms with van der Waals surface area (Å²) in [4.78, 5) is 0. The lowest BCUT2D eigenvalue weighted by atomic mass is 10.0. The smallest absolute Gasteiger partial charge is 0.413 e. The number of alkyl halides is 3. The SMILES string of the molecule is CC(C)(C)Oc1ccc2c(c1F)C=C(C(F)(F)F)C2.CC(C)(C)Oc1ccc2c(c1F)C=C(C1CC1)C2.CC(C)C1=Cc2c(ccc(OC(C)(C)C)c2F)C1.CC1=CCc2c(F)cc(OC(C)(C)C)c(F)c21.CC1=CCc2cc(F)c(OC(C)(C)C)c(F)c21.CCCC1=Cc2c(ccc(OC(C)(C)C)c2F)C1.Cn1ccc2cc(OC(C)(C)C)c(F)cc21. The summed E-state index contributed by atoms with van der Waals surface area (Å²) in [6, 6.07) is 21.8. The number of hydrogen-bond donors (Lipinski definition) is 0. The third-order valence-electron chi connectivity index (χ3n) is 20.0. The maximum absolute atomic E-state index is 14.4. The largest absolute Gasteiger partial charge is 0.485 e. The number of benzene rings is 7. The molecule has 7 aliphatic carbocycles. The first kappa shape index (κ1) is 97.1. The van der Waals surface area contributed by atoms with Crippen molar-refractivity contribution in [3.8, 4) is 40.2 Å². The Hall–Kier alpha value is -9.72. The monoisotopic (exact) mass is 1710 g/mol. The quantitative estimate of drug-likeness (QED) is 0.120. The molecule has 0 amide bonds. The van der Waals surface area contributed by atoms with Gasteiger partial charge < -0.3 is 37.7 Å². The Morgan fingerprint density at radius 2 is 0.821 bits per heavy atom. The molecular formula is C103H123F12NO7. The van der Waals surface area contributed by atoms with E-state index in [1.54, 1.807) is 93.5 Å². The van der Waals surface area contributed by atoms with E-state index in [1.165, 1.54) is 53.8 Å². The molecule has 15 rings (SSSR count). The van der Waals surface area contributed by atoms with Crippen LogP contribution >= 0.6 is 0 Å². The van der Waals surface area contributed by atoms with E-state index in [9.17, 15) is 52.7 Å². The molecule has 8 nitrogen and oxygen atoms in total. The van der Waals surface area contributed by atoms with Crippen LogP contribution in [0, 0.1) is 64.2 Å². The van der Waals surface area contributed by atoms with Gasteiger partial charge in [0, 0.05) is 81.7 Å². The fraction of sp³-hybridized carbons (Fsp3) is 0.456. The number of nitrogens with zero attached hydrogens (tertiary/aromatic N) is 1. The molecule has 0 radical (unpaired) electrons. The van der Waals surface area contributed by atoms with Gasteiger partial charge in [-0.25, -0.2) is 39.5 Å². The van der Waals surface area contributed by atoms with E-state index in [0.29, 0.717) is 81.1 Å². The summed E-state index contributed by atoms with van der Waals surface area (Å²) < 4.78 is 205. The summed E-state index contributed by atoms with van der Waals surface area (Å²) in [6.45, 7) is 49.1. The van der Waals surface area contributed by atoms with Crippen LogP contribution in [-0.2, 0) is 45.6 Å². The van der Waals surface area contributed by atoms with E-state index in [-0.39, 0.29) is 74.9 Å². The molecule has 7 aromatic carbocycles. The molecule has 0 aliphatic heterocycles. The highest BCUT2D eigenvalue weighted by atomic mass is 19.4. The van der Waals surface area contributed by atoms with E-state index >= 15 is 0 Å². The van der Waals surface area contributed by atoms with Crippen LogP contribution in [0.25, 0.3) is 46.4 Å². The highest BCUT2D eigenvalue weighted by molar-refractivity contribution is 5.82. The van der Waals surface area contributed by atoms with Gasteiger partial charge in [0.2, 0.25) is 0 Å². The molecule has 666 valence electrons. The van der Waals surface area contributed by atoms with Crippen molar-refractivity contribution in [2.45, 2.75) is 290 Å². The standard InChI is InChI=1S/C16H19FO.2C16H21FO.C14H14F4O.2C14H16F2O.C13H16FNO/c1-16(2,3)18-14-7-6-11-8-12(10-4-5-10)9-13(11)15(14)17;1-10(2)12-8-11-6-7-14(18-16(3,4)5)15(17)13(11)9-12;1-5-6-11-9-12-7-8-14(18-16(2,3)4)15(17)13(12)10-11;1-13(2,3)19-11-5-4-8-6-9(14(16,17)18)7-10(8)12(11)15;1-8-5-6-9-10(15)7-11(13(16)12(8)9)17-14(2,3)4;1-8-5-6-9-7-10(15)13(12(16)11(8)9)17-14(2,3)4;1-13(2,3)16-12-7-9-5-6-15(4)11(9)8-10(12)14/h6-7,9-10H,4-5,8H2,1-3H3;6-7,9-10H,8H2,1-5H3;7-8,10H,5-6,9H2,1-4H3;4-5,7H,6H2,1-3H3;2*5,7H,6H2,1-4H3;5-8H,1-4H3. The molecule has 7 aliphatic rings. The van der Waals surface area contributed by atoms with Gasteiger partial charge in [-0.3, -0.25) is 0 Å². The van der Waals surface area contributed by atoms with Crippen molar-refractivity contribution in [1.29, 1.82) is 0 Å². The minimum Gasteiger partial charge on any atom is -0.485 e. The number of allylic oxidation sites excluding steroid dienone is 8. The van der Waals surface area contributed by atoms with Gasteiger partial charge in [-0.15, -0.1) is 0 Å². The molecule has 8 aromatic rings. The number of halogens is 12. The molecule has 123 heavy (non-hydrogen) atoms. The van der Waals surface area contributed by atoms with Gasteiger partial charge in [0.1, 0.15) is 45.0 Å². The van der Waals surface area contributed by atoms with E-state index in [0.717, 1.165) is 94.1 Å². The number of aryl methyl sites for hydroxylation is 1. The Morgan fingerprint density at radius 1 is 0.398 bits per heavy atom. The van der Waals surface area contributed by atoms with Crippen LogP contribution in [0.3, 0.4) is 0 Å². The van der Waals surface area contributed by atoms with Crippen molar-refractivity contribution in [1.82, 2.24) is 4.57 Å². The lowest BCUT2D eigenvalue weighted by molar-refractivity contribution is -0.0918. The zero-order valence-electron chi connectivity index (χ0n) is 76.6. The van der Waals surface area contributed by atoms with Gasteiger partial charge in [0.15, 0.2) is 86.8 Å². The second-order valence-corrected chi connectivity index (χ2v) is 39.6. The molecule has 1 heterocycles. The molecule has 0 atom stereocenters. The number of rotatable bonds is 11. The van der Waals surface area contributed by atoms with Crippen LogP contribution in [0.15, 0.2) is 120 Å². The second-order valence-electron chi connectivity index (χ2n) is 39.6. The first-order chi connectivity index (χ1) is 56.6. The fourth-order valence-electron chi connectivity index (χ4n) is 14.6. The maximum Gasteiger partial charge on any atom is 0.413 e. The van der Waals surface area contributed by atoms with Gasteiger partial charge in [0.25, 0.3) is 0 Å². The lowest BCUT2D eigenvalue weighted by Gasteiger charge is -2.23. The van der Waals surface area contributed by atoms with Gasteiger partial charge in [-0.05, 0) is 310 Å². The average molecular weight is 1720 g/mol. The highest BCUT2D eigenvalue weighted by Gasteiger charge is 2.39. The Bertz CT molecular complexity index is 5330. The molecule has 0 N–H and O–H groups in total. The Balaban J connectivity index is 0.000000163. The first-order valence-corrected chi connectivity index (χ1v) is 42.2. The maximum atomic E-state index is 14.4. The minimum atomic E-state index is -4.42. The third kappa shape index (κ3) is 26.2. The van der Waals surface area contributed by atoms with Crippen LogP contribution in [0.5, 0.6) is 40.2 Å². The normalized spacial score (nSPS) is 14.9.